The smallest absolute Gasteiger partial charge is 0.326 e. The molecule has 0 radical (unpaired) electrons. The summed E-state index contributed by atoms with van der Waals surface area (Å²) < 4.78 is 5.73. The summed E-state index contributed by atoms with van der Waals surface area (Å²) in [6.07, 6.45) is 0. The van der Waals surface area contributed by atoms with E-state index in [0.717, 1.165) is 17.2 Å². The lowest BCUT2D eigenvalue weighted by molar-refractivity contribution is 0.258. The topological polar surface area (TPSA) is 41.6 Å². The zero-order chi connectivity index (χ0) is 16.8. The van der Waals surface area contributed by atoms with Crippen molar-refractivity contribution in [3.05, 3.63) is 84.9 Å². The lowest BCUT2D eigenvalue weighted by atomic mass is 10.3. The second kappa shape index (κ2) is 7.33. The first-order chi connectivity index (χ1) is 11.7. The van der Waals surface area contributed by atoms with E-state index in [1.807, 2.05) is 84.9 Å². The normalized spacial score (nSPS) is 10.0. The lowest BCUT2D eigenvalue weighted by Gasteiger charge is -2.18. The van der Waals surface area contributed by atoms with Crippen LogP contribution in [-0.2, 0) is 0 Å². The molecular weight excluding hydrogens is 300 g/mol. The van der Waals surface area contributed by atoms with Gasteiger partial charge in [0.2, 0.25) is 0 Å². The summed E-state index contributed by atoms with van der Waals surface area (Å²) in [5.74, 6) is 1.49. The number of para-hydroxylation sites is 2. The highest BCUT2D eigenvalue weighted by Gasteiger charge is 2.10. The van der Waals surface area contributed by atoms with E-state index >= 15 is 0 Å². The van der Waals surface area contributed by atoms with Crippen LogP contribution in [0.2, 0.25) is 0 Å². The molecule has 0 aromatic heterocycles. The molecule has 0 saturated heterocycles. The van der Waals surface area contributed by atoms with E-state index in [1.165, 1.54) is 0 Å². The highest BCUT2D eigenvalue weighted by atomic mass is 16.5. The van der Waals surface area contributed by atoms with Gasteiger partial charge < -0.3 is 10.1 Å². The standard InChI is InChI=1S/C20H18N2O2/c1-22(17-8-4-2-5-9-17)20(23)21-16-12-14-19(15-13-16)24-18-10-6-3-7-11-18/h2-15H,1H3,(H,21,23). The van der Waals surface area contributed by atoms with Gasteiger partial charge in [0.15, 0.2) is 0 Å². The quantitative estimate of drug-likeness (QED) is 0.723. The van der Waals surface area contributed by atoms with E-state index in [0.29, 0.717) is 5.69 Å². The van der Waals surface area contributed by atoms with Gasteiger partial charge in [-0.1, -0.05) is 36.4 Å². The van der Waals surface area contributed by atoms with E-state index in [1.54, 1.807) is 11.9 Å². The summed E-state index contributed by atoms with van der Waals surface area (Å²) in [7, 11) is 1.73. The molecule has 0 heterocycles. The molecule has 4 nitrogen and oxygen atoms in total. The Morgan fingerprint density at radius 2 is 1.33 bits per heavy atom. The zero-order valence-corrected chi connectivity index (χ0v) is 13.3. The number of rotatable bonds is 4. The first-order valence-electron chi connectivity index (χ1n) is 7.65. The Hall–Kier alpha value is -3.27. The van der Waals surface area contributed by atoms with E-state index in [4.69, 9.17) is 4.74 Å². The Balaban J connectivity index is 1.62. The van der Waals surface area contributed by atoms with Crippen molar-refractivity contribution in [3.8, 4) is 11.5 Å². The van der Waals surface area contributed by atoms with Gasteiger partial charge in [0.25, 0.3) is 0 Å². The summed E-state index contributed by atoms with van der Waals surface area (Å²) in [5.41, 5.74) is 1.54. The number of amides is 2. The fraction of sp³-hybridized carbons (Fsp3) is 0.0500. The number of anilines is 2. The number of nitrogens with one attached hydrogen (secondary N) is 1. The number of carbonyl (C=O) groups excluding carboxylic acids is 1. The summed E-state index contributed by atoms with van der Waals surface area (Å²) in [6.45, 7) is 0. The van der Waals surface area contributed by atoms with Crippen LogP contribution in [0.1, 0.15) is 0 Å². The van der Waals surface area contributed by atoms with Crippen LogP contribution in [0.25, 0.3) is 0 Å². The zero-order valence-electron chi connectivity index (χ0n) is 13.3. The van der Waals surface area contributed by atoms with Gasteiger partial charge in [-0.05, 0) is 48.5 Å². The summed E-state index contributed by atoms with van der Waals surface area (Å²) in [6, 6.07) is 26.1. The van der Waals surface area contributed by atoms with Crippen LogP contribution < -0.4 is 15.0 Å². The average molecular weight is 318 g/mol. The molecule has 1 N–H and O–H groups in total. The van der Waals surface area contributed by atoms with Crippen molar-refractivity contribution in [2.24, 2.45) is 0 Å². The Kier molecular flexibility index (Phi) is 4.77. The van der Waals surface area contributed by atoms with Gasteiger partial charge in [0.05, 0.1) is 0 Å². The van der Waals surface area contributed by atoms with Crippen LogP contribution in [-0.4, -0.2) is 13.1 Å². The maximum absolute atomic E-state index is 12.3. The number of nitrogens with zero attached hydrogens (tertiary/aromatic N) is 1. The first-order valence-corrected chi connectivity index (χ1v) is 7.65. The Bertz CT molecular complexity index is 787. The van der Waals surface area contributed by atoms with Crippen molar-refractivity contribution in [1.29, 1.82) is 0 Å². The van der Waals surface area contributed by atoms with E-state index in [2.05, 4.69) is 5.32 Å². The number of hydrogen-bond acceptors (Lipinski definition) is 2. The molecule has 24 heavy (non-hydrogen) atoms. The molecule has 2 amide bonds. The van der Waals surface area contributed by atoms with E-state index in [9.17, 15) is 4.79 Å². The van der Waals surface area contributed by atoms with Crippen LogP contribution in [0.4, 0.5) is 16.2 Å². The SMILES string of the molecule is CN(C(=O)Nc1ccc(Oc2ccccc2)cc1)c1ccccc1. The van der Waals surface area contributed by atoms with Crippen LogP contribution >= 0.6 is 0 Å². The molecule has 3 rings (SSSR count). The largest absolute Gasteiger partial charge is 0.457 e. The number of benzene rings is 3. The second-order valence-corrected chi connectivity index (χ2v) is 5.26. The van der Waals surface area contributed by atoms with Crippen LogP contribution in [0.3, 0.4) is 0 Å². The molecule has 3 aromatic carbocycles. The predicted molar refractivity (Wildman–Crippen MR) is 96.8 cm³/mol. The summed E-state index contributed by atoms with van der Waals surface area (Å²) in [5, 5.41) is 2.86. The Morgan fingerprint density at radius 1 is 0.792 bits per heavy atom. The highest BCUT2D eigenvalue weighted by Crippen LogP contribution is 2.23. The average Bonchev–Trinajstić information content (AvgIpc) is 2.64. The van der Waals surface area contributed by atoms with Crippen molar-refractivity contribution < 1.29 is 9.53 Å². The minimum atomic E-state index is -0.196. The number of carbonyl (C=O) groups is 1. The minimum Gasteiger partial charge on any atom is -0.457 e. The Labute approximate surface area is 141 Å². The number of urea groups is 1. The minimum absolute atomic E-state index is 0.196. The molecular formula is C20H18N2O2. The third kappa shape index (κ3) is 3.93. The molecule has 0 fully saturated rings. The molecule has 0 aliphatic carbocycles. The molecule has 0 atom stereocenters. The van der Waals surface area contributed by atoms with Gasteiger partial charge in [0.1, 0.15) is 11.5 Å². The van der Waals surface area contributed by atoms with Crippen molar-refractivity contribution >= 4 is 17.4 Å². The van der Waals surface area contributed by atoms with E-state index < -0.39 is 0 Å². The third-order valence-electron chi connectivity index (χ3n) is 3.53. The number of hydrogen-bond donors (Lipinski definition) is 1. The monoisotopic (exact) mass is 318 g/mol. The fourth-order valence-corrected chi connectivity index (χ4v) is 2.21. The molecule has 3 aromatic rings. The number of ether oxygens (including phenoxy) is 1. The summed E-state index contributed by atoms with van der Waals surface area (Å²) >= 11 is 0. The third-order valence-corrected chi connectivity index (χ3v) is 3.53. The summed E-state index contributed by atoms with van der Waals surface area (Å²) in [4.78, 5) is 13.8. The molecule has 0 bridgehead atoms. The lowest BCUT2D eigenvalue weighted by Crippen LogP contribution is -2.31. The molecule has 0 saturated carbocycles. The molecule has 0 unspecified atom stereocenters. The maximum Gasteiger partial charge on any atom is 0.326 e. The molecule has 0 spiro atoms. The van der Waals surface area contributed by atoms with Crippen molar-refractivity contribution in [2.75, 3.05) is 17.3 Å². The van der Waals surface area contributed by atoms with Crippen LogP contribution in [0, 0.1) is 0 Å². The van der Waals surface area contributed by atoms with Crippen molar-refractivity contribution in [3.63, 3.8) is 0 Å². The van der Waals surface area contributed by atoms with Gasteiger partial charge >= 0.3 is 6.03 Å². The van der Waals surface area contributed by atoms with Crippen LogP contribution in [0.15, 0.2) is 84.9 Å². The second-order valence-electron chi connectivity index (χ2n) is 5.26. The fourth-order valence-electron chi connectivity index (χ4n) is 2.21. The van der Waals surface area contributed by atoms with Crippen molar-refractivity contribution in [1.82, 2.24) is 0 Å². The van der Waals surface area contributed by atoms with E-state index in [-0.39, 0.29) is 6.03 Å². The molecule has 4 heteroatoms. The van der Waals surface area contributed by atoms with Gasteiger partial charge in [-0.3, -0.25) is 4.90 Å². The van der Waals surface area contributed by atoms with Gasteiger partial charge in [-0.2, -0.15) is 0 Å². The molecule has 0 aliphatic heterocycles. The maximum atomic E-state index is 12.3. The van der Waals surface area contributed by atoms with Gasteiger partial charge in [0, 0.05) is 18.4 Å². The van der Waals surface area contributed by atoms with Crippen LogP contribution in [0.5, 0.6) is 11.5 Å². The predicted octanol–water partition coefficient (Wildman–Crippen LogP) is 5.15. The Morgan fingerprint density at radius 3 is 1.96 bits per heavy atom. The molecule has 0 aliphatic rings. The van der Waals surface area contributed by atoms with Crippen molar-refractivity contribution in [2.45, 2.75) is 0 Å². The van der Waals surface area contributed by atoms with Gasteiger partial charge in [-0.25, -0.2) is 4.79 Å². The first kappa shape index (κ1) is 15.6. The van der Waals surface area contributed by atoms with Gasteiger partial charge in [-0.15, -0.1) is 0 Å². The molecule has 120 valence electrons. The highest BCUT2D eigenvalue weighted by molar-refractivity contribution is 6.01.